The number of rotatable bonds is 3. The van der Waals surface area contributed by atoms with Gasteiger partial charge in [0.15, 0.2) is 0 Å². The average Bonchev–Trinajstić information content (AvgIpc) is 2.19. The summed E-state index contributed by atoms with van der Waals surface area (Å²) in [6.45, 7) is 1.49. The second-order valence-corrected chi connectivity index (χ2v) is 5.45. The number of nitrogens with one attached hydrogen (secondary N) is 1. The van der Waals surface area contributed by atoms with Crippen molar-refractivity contribution in [1.29, 1.82) is 0 Å². The fourth-order valence-electron chi connectivity index (χ4n) is 1.33. The van der Waals surface area contributed by atoms with Gasteiger partial charge in [-0.05, 0) is 13.3 Å². The van der Waals surface area contributed by atoms with Crippen molar-refractivity contribution in [1.82, 2.24) is 9.62 Å². The summed E-state index contributed by atoms with van der Waals surface area (Å²) in [4.78, 5) is 23.6. The first-order chi connectivity index (χ1) is 6.87. The van der Waals surface area contributed by atoms with Crippen LogP contribution in [0, 0.1) is 0 Å². The number of carbonyl (C=O) groups excluding carboxylic acids is 2. The summed E-state index contributed by atoms with van der Waals surface area (Å²) in [5.74, 6) is -0.829. The Morgan fingerprint density at radius 2 is 2.07 bits per heavy atom. The molecule has 7 heteroatoms. The standard InChI is InChI=1S/C8H14N2O4S/c1-3-15(13,14)9-6-4-5-7(11)10(2)8(6)12/h6,9H,3-5H2,1-2H3. The minimum atomic E-state index is -3.40. The molecule has 1 N–H and O–H groups in total. The molecule has 0 spiro atoms. The van der Waals surface area contributed by atoms with Crippen molar-refractivity contribution >= 4 is 21.8 Å². The van der Waals surface area contributed by atoms with Crippen molar-refractivity contribution in [2.45, 2.75) is 25.8 Å². The van der Waals surface area contributed by atoms with E-state index in [9.17, 15) is 18.0 Å². The van der Waals surface area contributed by atoms with Crippen LogP contribution in [0.25, 0.3) is 0 Å². The lowest BCUT2D eigenvalue weighted by Gasteiger charge is -2.27. The third kappa shape index (κ3) is 2.75. The third-order valence-corrected chi connectivity index (χ3v) is 3.76. The maximum Gasteiger partial charge on any atom is 0.247 e. The van der Waals surface area contributed by atoms with Gasteiger partial charge in [0.05, 0.1) is 5.75 Å². The third-order valence-electron chi connectivity index (χ3n) is 2.35. The van der Waals surface area contributed by atoms with Gasteiger partial charge in [-0.25, -0.2) is 13.1 Å². The van der Waals surface area contributed by atoms with E-state index in [1.807, 2.05) is 0 Å². The van der Waals surface area contributed by atoms with Crippen LogP contribution in [-0.2, 0) is 19.6 Å². The van der Waals surface area contributed by atoms with Gasteiger partial charge in [-0.15, -0.1) is 0 Å². The van der Waals surface area contributed by atoms with Crippen LogP contribution >= 0.6 is 0 Å². The number of piperidine rings is 1. The average molecular weight is 234 g/mol. The van der Waals surface area contributed by atoms with Gasteiger partial charge in [-0.2, -0.15) is 0 Å². The first kappa shape index (κ1) is 12.1. The number of carbonyl (C=O) groups is 2. The predicted octanol–water partition coefficient (Wildman–Crippen LogP) is -0.927. The van der Waals surface area contributed by atoms with Gasteiger partial charge >= 0.3 is 0 Å². The molecule has 1 atom stereocenters. The summed E-state index contributed by atoms with van der Waals surface area (Å²) >= 11 is 0. The molecule has 1 heterocycles. The zero-order valence-corrected chi connectivity index (χ0v) is 9.50. The van der Waals surface area contributed by atoms with Crippen molar-refractivity contribution in [3.8, 4) is 0 Å². The van der Waals surface area contributed by atoms with Crippen molar-refractivity contribution in [2.24, 2.45) is 0 Å². The fourth-order valence-corrected chi connectivity index (χ4v) is 2.14. The van der Waals surface area contributed by atoms with Gasteiger partial charge in [-0.3, -0.25) is 14.5 Å². The normalized spacial score (nSPS) is 23.3. The van der Waals surface area contributed by atoms with Gasteiger partial charge in [0, 0.05) is 13.5 Å². The Bertz CT molecular complexity index is 376. The van der Waals surface area contributed by atoms with E-state index in [-0.39, 0.29) is 24.5 Å². The number of hydrogen-bond donors (Lipinski definition) is 1. The smallest absolute Gasteiger partial charge is 0.247 e. The van der Waals surface area contributed by atoms with E-state index in [1.54, 1.807) is 0 Å². The summed E-state index contributed by atoms with van der Waals surface area (Å²) in [6.07, 6.45) is 0.431. The zero-order chi connectivity index (χ0) is 11.6. The molecule has 86 valence electrons. The SMILES string of the molecule is CCS(=O)(=O)NC1CCC(=O)N(C)C1=O. The molecule has 0 saturated carbocycles. The first-order valence-electron chi connectivity index (χ1n) is 4.68. The highest BCUT2D eigenvalue weighted by Crippen LogP contribution is 2.12. The van der Waals surface area contributed by atoms with Gasteiger partial charge in [-0.1, -0.05) is 0 Å². The summed E-state index contributed by atoms with van der Waals surface area (Å²) < 4.78 is 24.7. The van der Waals surface area contributed by atoms with E-state index >= 15 is 0 Å². The van der Waals surface area contributed by atoms with Gasteiger partial charge in [0.1, 0.15) is 6.04 Å². The van der Waals surface area contributed by atoms with Crippen LogP contribution in [0.5, 0.6) is 0 Å². The quantitative estimate of drug-likeness (QED) is 0.640. The maximum absolute atomic E-state index is 11.5. The van der Waals surface area contributed by atoms with E-state index in [0.29, 0.717) is 0 Å². The number of sulfonamides is 1. The van der Waals surface area contributed by atoms with Gasteiger partial charge in [0.2, 0.25) is 21.8 Å². The number of imide groups is 1. The lowest BCUT2D eigenvalue weighted by Crippen LogP contribution is -2.53. The topological polar surface area (TPSA) is 83.6 Å². The lowest BCUT2D eigenvalue weighted by molar-refractivity contribution is -0.147. The Morgan fingerprint density at radius 1 is 1.47 bits per heavy atom. The summed E-state index contributed by atoms with van der Waals surface area (Å²) in [6, 6.07) is -0.794. The molecule has 1 fully saturated rings. The first-order valence-corrected chi connectivity index (χ1v) is 6.33. The Kier molecular flexibility index (Phi) is 3.46. The van der Waals surface area contributed by atoms with Crippen LogP contribution in [0.1, 0.15) is 19.8 Å². The number of nitrogens with zero attached hydrogens (tertiary/aromatic N) is 1. The largest absolute Gasteiger partial charge is 0.284 e. The molecule has 0 aromatic carbocycles. The van der Waals surface area contributed by atoms with Crippen molar-refractivity contribution < 1.29 is 18.0 Å². The Labute approximate surface area is 88.7 Å². The molecule has 1 rings (SSSR count). The summed E-state index contributed by atoms with van der Waals surface area (Å²) in [5.41, 5.74) is 0. The molecule has 1 saturated heterocycles. The van der Waals surface area contributed by atoms with Gasteiger partial charge < -0.3 is 0 Å². The molecular weight excluding hydrogens is 220 g/mol. The van der Waals surface area contributed by atoms with Crippen LogP contribution in [0.4, 0.5) is 0 Å². The minimum Gasteiger partial charge on any atom is -0.284 e. The van der Waals surface area contributed by atoms with E-state index in [4.69, 9.17) is 0 Å². The molecule has 0 aliphatic carbocycles. The molecule has 1 unspecified atom stereocenters. The molecule has 1 aliphatic rings. The molecule has 15 heavy (non-hydrogen) atoms. The number of hydrogen-bond acceptors (Lipinski definition) is 4. The molecule has 0 bridgehead atoms. The Hall–Kier alpha value is -0.950. The highest BCUT2D eigenvalue weighted by atomic mass is 32.2. The van der Waals surface area contributed by atoms with E-state index in [2.05, 4.69) is 4.72 Å². The molecule has 0 aromatic rings. The monoisotopic (exact) mass is 234 g/mol. The van der Waals surface area contributed by atoms with Crippen LogP contribution < -0.4 is 4.72 Å². The van der Waals surface area contributed by atoms with Gasteiger partial charge in [0.25, 0.3) is 0 Å². The number of likely N-dealkylation sites (tertiary alicyclic amines) is 1. The van der Waals surface area contributed by atoms with Crippen LogP contribution in [-0.4, -0.2) is 44.0 Å². The second-order valence-electron chi connectivity index (χ2n) is 3.40. The molecule has 0 radical (unpaired) electrons. The molecule has 6 nitrogen and oxygen atoms in total. The lowest BCUT2D eigenvalue weighted by atomic mass is 10.1. The second kappa shape index (κ2) is 4.28. The maximum atomic E-state index is 11.5. The van der Waals surface area contributed by atoms with Crippen molar-refractivity contribution in [3.63, 3.8) is 0 Å². The number of amides is 2. The Morgan fingerprint density at radius 3 is 2.60 bits per heavy atom. The van der Waals surface area contributed by atoms with Crippen LogP contribution in [0.3, 0.4) is 0 Å². The molecule has 2 amide bonds. The molecule has 0 aromatic heterocycles. The van der Waals surface area contributed by atoms with E-state index in [1.165, 1.54) is 14.0 Å². The van der Waals surface area contributed by atoms with Crippen molar-refractivity contribution in [3.05, 3.63) is 0 Å². The number of likely N-dealkylation sites (N-methyl/N-ethyl adjacent to an activating group) is 1. The fraction of sp³-hybridized carbons (Fsp3) is 0.750. The van der Waals surface area contributed by atoms with Crippen molar-refractivity contribution in [2.75, 3.05) is 12.8 Å². The highest BCUT2D eigenvalue weighted by Gasteiger charge is 2.33. The van der Waals surface area contributed by atoms with Crippen LogP contribution in [0.2, 0.25) is 0 Å². The predicted molar refractivity (Wildman–Crippen MR) is 53.4 cm³/mol. The summed E-state index contributed by atoms with van der Waals surface area (Å²) in [7, 11) is -2.04. The zero-order valence-electron chi connectivity index (χ0n) is 8.69. The highest BCUT2D eigenvalue weighted by molar-refractivity contribution is 7.89. The van der Waals surface area contributed by atoms with E-state index in [0.717, 1.165) is 4.90 Å². The minimum absolute atomic E-state index is 0.0750. The molecule has 1 aliphatic heterocycles. The Balaban J connectivity index is 2.73. The summed E-state index contributed by atoms with van der Waals surface area (Å²) in [5, 5.41) is 0. The van der Waals surface area contributed by atoms with E-state index < -0.39 is 22.0 Å². The van der Waals surface area contributed by atoms with Crippen LogP contribution in [0.15, 0.2) is 0 Å². The molecular formula is C8H14N2O4S.